The molecule has 6 rings (SSSR count). The van der Waals surface area contributed by atoms with Crippen LogP contribution >= 0.6 is 0 Å². The van der Waals surface area contributed by atoms with Crippen LogP contribution in [0.25, 0.3) is 0 Å². The Morgan fingerprint density at radius 1 is 0.829 bits per heavy atom. The number of para-hydroxylation sites is 1. The van der Waals surface area contributed by atoms with Crippen molar-refractivity contribution in [2.45, 2.75) is 18.9 Å². The van der Waals surface area contributed by atoms with Gasteiger partial charge in [0.05, 0.1) is 26.7 Å². The smallest absolute Gasteiger partial charge is 0.347 e. The molecule has 2 atom stereocenters. The fourth-order valence-electron chi connectivity index (χ4n) is 4.69. The van der Waals surface area contributed by atoms with E-state index in [1.807, 2.05) is 30.3 Å². The molecule has 2 aliphatic rings. The van der Waals surface area contributed by atoms with Crippen molar-refractivity contribution >= 4 is 17.6 Å². The van der Waals surface area contributed by atoms with Crippen molar-refractivity contribution < 1.29 is 38.4 Å². The summed E-state index contributed by atoms with van der Waals surface area (Å²) in [6.45, 7) is 2.02. The van der Waals surface area contributed by atoms with Gasteiger partial charge in [-0.1, -0.05) is 18.2 Å². The lowest BCUT2D eigenvalue weighted by atomic mass is 9.89. The summed E-state index contributed by atoms with van der Waals surface area (Å²) in [5.74, 6) is 2.94. The number of anilines is 1. The number of methoxy groups -OCH3 is 2. The standard InChI is InChI=1S/C17H16O4.C15H13NO4/c1-18-10-4-6-13-15(7-10)20-9-14-12-5-3-11(19-2)8-16(12)21-17(13)14;1-10(17)16-11-6-8-12(9-7-11)20-15(19)13-4-2-3-5-14(13)18/h3-8,14,17H,9H2,1-2H3;2-9,18H,1H3,(H,16,17). The molecule has 0 aromatic heterocycles. The monoisotopic (exact) mass is 555 g/mol. The van der Waals surface area contributed by atoms with Gasteiger partial charge in [0.1, 0.15) is 46.2 Å². The number of fused-ring (bicyclic) bond motifs is 5. The molecule has 0 bridgehead atoms. The van der Waals surface area contributed by atoms with E-state index in [0.717, 1.165) is 28.6 Å². The van der Waals surface area contributed by atoms with Crippen molar-refractivity contribution in [3.8, 4) is 34.5 Å². The first-order valence-corrected chi connectivity index (χ1v) is 12.9. The largest absolute Gasteiger partial charge is 0.507 e. The van der Waals surface area contributed by atoms with Crippen molar-refractivity contribution in [2.75, 3.05) is 26.1 Å². The highest BCUT2D eigenvalue weighted by molar-refractivity contribution is 5.94. The number of rotatable bonds is 5. The first-order chi connectivity index (χ1) is 19.9. The number of nitrogens with one attached hydrogen (secondary N) is 1. The summed E-state index contributed by atoms with van der Waals surface area (Å²) in [5, 5.41) is 12.2. The lowest BCUT2D eigenvalue weighted by molar-refractivity contribution is -0.114. The van der Waals surface area contributed by atoms with Crippen LogP contribution in [0.2, 0.25) is 0 Å². The summed E-state index contributed by atoms with van der Waals surface area (Å²) in [4.78, 5) is 22.7. The summed E-state index contributed by atoms with van der Waals surface area (Å²) in [6, 6.07) is 24.4. The van der Waals surface area contributed by atoms with Gasteiger partial charge in [0.15, 0.2) is 0 Å². The zero-order valence-electron chi connectivity index (χ0n) is 22.7. The van der Waals surface area contributed by atoms with Crippen LogP contribution in [-0.2, 0) is 4.79 Å². The lowest BCUT2D eigenvalue weighted by Crippen LogP contribution is -2.23. The molecule has 0 spiro atoms. The van der Waals surface area contributed by atoms with Crippen molar-refractivity contribution in [3.63, 3.8) is 0 Å². The number of ether oxygens (including phenoxy) is 5. The van der Waals surface area contributed by atoms with E-state index in [4.69, 9.17) is 23.7 Å². The van der Waals surface area contributed by atoms with Gasteiger partial charge >= 0.3 is 5.97 Å². The SMILES string of the molecule is CC(=O)Nc1ccc(OC(=O)c2ccccc2O)cc1.COc1ccc2c(c1)OC1c3ccc(OC)cc3OCC21. The number of esters is 1. The van der Waals surface area contributed by atoms with Crippen molar-refractivity contribution in [2.24, 2.45) is 0 Å². The summed E-state index contributed by atoms with van der Waals surface area (Å²) >= 11 is 0. The second kappa shape index (κ2) is 11.9. The van der Waals surface area contributed by atoms with Crippen LogP contribution in [0.1, 0.15) is 40.4 Å². The van der Waals surface area contributed by atoms with E-state index in [9.17, 15) is 14.7 Å². The maximum absolute atomic E-state index is 11.8. The molecular formula is C32H29NO8. The predicted molar refractivity (Wildman–Crippen MR) is 151 cm³/mol. The van der Waals surface area contributed by atoms with E-state index < -0.39 is 5.97 Å². The van der Waals surface area contributed by atoms with Crippen LogP contribution in [0.3, 0.4) is 0 Å². The molecular weight excluding hydrogens is 526 g/mol. The number of amides is 1. The van der Waals surface area contributed by atoms with Gasteiger partial charge in [-0.15, -0.1) is 0 Å². The second-order valence-electron chi connectivity index (χ2n) is 9.38. The van der Waals surface area contributed by atoms with Gasteiger partial charge in [0.2, 0.25) is 5.91 Å². The van der Waals surface area contributed by atoms with Crippen LogP contribution in [0, 0.1) is 0 Å². The number of hydrogen-bond acceptors (Lipinski definition) is 8. The highest BCUT2D eigenvalue weighted by atomic mass is 16.5. The Bertz CT molecular complexity index is 1570. The van der Waals surface area contributed by atoms with Gasteiger partial charge in [-0.25, -0.2) is 4.79 Å². The zero-order valence-corrected chi connectivity index (χ0v) is 22.7. The molecule has 0 radical (unpaired) electrons. The molecule has 41 heavy (non-hydrogen) atoms. The minimum atomic E-state index is -0.643. The molecule has 0 aliphatic carbocycles. The van der Waals surface area contributed by atoms with Crippen LogP contribution < -0.4 is 29.0 Å². The predicted octanol–water partition coefficient (Wildman–Crippen LogP) is 5.88. The number of carbonyl (C=O) groups excluding carboxylic acids is 2. The number of phenolic OH excluding ortho intramolecular Hbond substituents is 1. The summed E-state index contributed by atoms with van der Waals surface area (Å²) in [7, 11) is 3.32. The molecule has 2 unspecified atom stereocenters. The Labute approximate surface area is 237 Å². The summed E-state index contributed by atoms with van der Waals surface area (Å²) in [5.41, 5.74) is 2.96. The molecule has 4 aromatic rings. The Balaban J connectivity index is 0.000000165. The van der Waals surface area contributed by atoms with Gasteiger partial charge < -0.3 is 34.1 Å². The van der Waals surface area contributed by atoms with Crippen LogP contribution in [0.4, 0.5) is 5.69 Å². The van der Waals surface area contributed by atoms with E-state index in [1.165, 1.54) is 24.6 Å². The highest BCUT2D eigenvalue weighted by Gasteiger charge is 2.40. The quantitative estimate of drug-likeness (QED) is 0.232. The van der Waals surface area contributed by atoms with Crippen LogP contribution in [-0.4, -0.2) is 37.8 Å². The van der Waals surface area contributed by atoms with E-state index in [1.54, 1.807) is 50.6 Å². The van der Waals surface area contributed by atoms with Crippen LogP contribution in [0.5, 0.6) is 34.5 Å². The first kappa shape index (κ1) is 27.4. The Morgan fingerprint density at radius 2 is 1.46 bits per heavy atom. The third-order valence-corrected chi connectivity index (χ3v) is 6.69. The van der Waals surface area contributed by atoms with E-state index in [2.05, 4.69) is 11.4 Å². The minimum Gasteiger partial charge on any atom is -0.507 e. The molecule has 2 aliphatic heterocycles. The van der Waals surface area contributed by atoms with E-state index >= 15 is 0 Å². The zero-order chi connectivity index (χ0) is 28.9. The molecule has 0 fully saturated rings. The Kier molecular flexibility index (Phi) is 7.96. The van der Waals surface area contributed by atoms with Gasteiger partial charge in [0.25, 0.3) is 0 Å². The Hall–Kier alpha value is -5.18. The topological polar surface area (TPSA) is 113 Å². The molecule has 1 amide bonds. The number of hydrogen-bond donors (Lipinski definition) is 2. The minimum absolute atomic E-state index is 0.00163. The number of benzene rings is 4. The van der Waals surface area contributed by atoms with Gasteiger partial charge in [0, 0.05) is 35.9 Å². The molecule has 0 saturated heterocycles. The average Bonchev–Trinajstić information content (AvgIpc) is 3.36. The normalized spacial score (nSPS) is 15.8. The molecule has 4 aromatic carbocycles. The van der Waals surface area contributed by atoms with Crippen molar-refractivity contribution in [1.29, 1.82) is 0 Å². The van der Waals surface area contributed by atoms with E-state index in [0.29, 0.717) is 18.0 Å². The Morgan fingerprint density at radius 3 is 2.12 bits per heavy atom. The lowest BCUT2D eigenvalue weighted by Gasteiger charge is -2.28. The average molecular weight is 556 g/mol. The second-order valence-corrected chi connectivity index (χ2v) is 9.38. The van der Waals surface area contributed by atoms with Crippen molar-refractivity contribution in [3.05, 3.63) is 102 Å². The van der Waals surface area contributed by atoms with Gasteiger partial charge in [-0.05, 0) is 54.6 Å². The van der Waals surface area contributed by atoms with Gasteiger partial charge in [-0.3, -0.25) is 4.79 Å². The van der Waals surface area contributed by atoms with E-state index in [-0.39, 0.29) is 29.2 Å². The maximum atomic E-state index is 11.8. The third kappa shape index (κ3) is 6.04. The summed E-state index contributed by atoms with van der Waals surface area (Å²) in [6.07, 6.45) is 0.00163. The molecule has 2 N–H and O–H groups in total. The third-order valence-electron chi connectivity index (χ3n) is 6.69. The molecule has 210 valence electrons. The first-order valence-electron chi connectivity index (χ1n) is 12.9. The number of phenols is 1. The molecule has 0 saturated carbocycles. The fourth-order valence-corrected chi connectivity index (χ4v) is 4.69. The van der Waals surface area contributed by atoms with Crippen molar-refractivity contribution in [1.82, 2.24) is 0 Å². The molecule has 9 heteroatoms. The van der Waals surface area contributed by atoms with Gasteiger partial charge in [-0.2, -0.15) is 0 Å². The fraction of sp³-hybridized carbons (Fsp3) is 0.188. The number of carbonyl (C=O) groups is 2. The molecule has 9 nitrogen and oxygen atoms in total. The maximum Gasteiger partial charge on any atom is 0.347 e. The molecule has 2 heterocycles. The van der Waals surface area contributed by atoms with Crippen LogP contribution in [0.15, 0.2) is 84.9 Å². The highest BCUT2D eigenvalue weighted by Crippen LogP contribution is 2.52. The number of aromatic hydroxyl groups is 1. The summed E-state index contributed by atoms with van der Waals surface area (Å²) < 4.78 is 27.7.